The van der Waals surface area contributed by atoms with Crippen molar-refractivity contribution >= 4 is 5.91 Å². The molecule has 0 radical (unpaired) electrons. The first-order chi connectivity index (χ1) is 8.25. The Bertz CT molecular complexity index is 245. The zero-order valence-corrected chi connectivity index (χ0v) is 11.0. The van der Waals surface area contributed by atoms with Crippen LogP contribution < -0.4 is 5.32 Å². The summed E-state index contributed by atoms with van der Waals surface area (Å²) in [7, 11) is 1.96. The van der Waals surface area contributed by atoms with Gasteiger partial charge in [-0.15, -0.1) is 0 Å². The molecular formula is C13H25N3O. The number of likely N-dealkylation sites (N-methyl/N-ethyl adjacent to an activating group) is 1. The molecule has 0 aromatic carbocycles. The van der Waals surface area contributed by atoms with Crippen molar-refractivity contribution in [3.8, 4) is 0 Å². The lowest BCUT2D eigenvalue weighted by molar-refractivity contribution is -0.131. The summed E-state index contributed by atoms with van der Waals surface area (Å²) in [5.41, 5.74) is 0. The van der Waals surface area contributed by atoms with E-state index in [1.165, 1.54) is 25.7 Å². The van der Waals surface area contributed by atoms with Gasteiger partial charge in [-0.1, -0.05) is 12.8 Å². The molecule has 98 valence electrons. The number of rotatable bonds is 4. The molecule has 0 spiro atoms. The summed E-state index contributed by atoms with van der Waals surface area (Å²) in [6.07, 6.45) is 5.32. The summed E-state index contributed by atoms with van der Waals surface area (Å²) in [4.78, 5) is 16.3. The molecule has 1 saturated heterocycles. The first-order valence-electron chi connectivity index (χ1n) is 6.93. The van der Waals surface area contributed by atoms with E-state index in [0.717, 1.165) is 38.6 Å². The number of carbonyl (C=O) groups excluding carboxylic acids is 1. The second-order valence-electron chi connectivity index (χ2n) is 5.45. The number of hydrogen-bond acceptors (Lipinski definition) is 3. The van der Waals surface area contributed by atoms with Crippen LogP contribution in [0.3, 0.4) is 0 Å². The first kappa shape index (κ1) is 12.8. The third kappa shape index (κ3) is 3.96. The van der Waals surface area contributed by atoms with Gasteiger partial charge in [-0.2, -0.15) is 0 Å². The zero-order chi connectivity index (χ0) is 12.1. The Labute approximate surface area is 104 Å². The number of piperazine rings is 1. The lowest BCUT2D eigenvalue weighted by Crippen LogP contribution is -2.48. The largest absolute Gasteiger partial charge is 0.344 e. The van der Waals surface area contributed by atoms with Crippen LogP contribution in [-0.2, 0) is 4.79 Å². The smallest absolute Gasteiger partial charge is 0.236 e. The summed E-state index contributed by atoms with van der Waals surface area (Å²) >= 11 is 0. The van der Waals surface area contributed by atoms with Crippen LogP contribution in [0.4, 0.5) is 0 Å². The maximum absolute atomic E-state index is 12.1. The van der Waals surface area contributed by atoms with Gasteiger partial charge in [-0.3, -0.25) is 9.69 Å². The summed E-state index contributed by atoms with van der Waals surface area (Å²) in [5.74, 6) is 1.05. The molecule has 1 N–H and O–H groups in total. The second-order valence-corrected chi connectivity index (χ2v) is 5.45. The minimum Gasteiger partial charge on any atom is -0.344 e. The Kier molecular flexibility index (Phi) is 4.80. The van der Waals surface area contributed by atoms with Crippen LogP contribution in [0.2, 0.25) is 0 Å². The van der Waals surface area contributed by atoms with E-state index in [2.05, 4.69) is 10.2 Å². The molecule has 2 fully saturated rings. The van der Waals surface area contributed by atoms with Crippen LogP contribution >= 0.6 is 0 Å². The molecule has 4 nitrogen and oxygen atoms in total. The Morgan fingerprint density at radius 2 is 1.94 bits per heavy atom. The van der Waals surface area contributed by atoms with Gasteiger partial charge < -0.3 is 10.2 Å². The van der Waals surface area contributed by atoms with E-state index in [1.807, 2.05) is 11.9 Å². The number of carbonyl (C=O) groups is 1. The molecule has 0 unspecified atom stereocenters. The van der Waals surface area contributed by atoms with E-state index in [-0.39, 0.29) is 0 Å². The van der Waals surface area contributed by atoms with Crippen LogP contribution in [0.5, 0.6) is 0 Å². The first-order valence-corrected chi connectivity index (χ1v) is 6.93. The summed E-state index contributed by atoms with van der Waals surface area (Å²) in [6, 6.07) is 0. The van der Waals surface area contributed by atoms with Gasteiger partial charge in [-0.05, 0) is 18.8 Å². The molecule has 4 heteroatoms. The molecule has 17 heavy (non-hydrogen) atoms. The Morgan fingerprint density at radius 1 is 1.29 bits per heavy atom. The molecule has 0 bridgehead atoms. The zero-order valence-electron chi connectivity index (χ0n) is 11.0. The van der Waals surface area contributed by atoms with Crippen molar-refractivity contribution < 1.29 is 4.79 Å². The van der Waals surface area contributed by atoms with Crippen LogP contribution in [0.1, 0.15) is 25.7 Å². The van der Waals surface area contributed by atoms with Crippen LogP contribution in [0.15, 0.2) is 0 Å². The highest BCUT2D eigenvalue weighted by Gasteiger charge is 2.21. The van der Waals surface area contributed by atoms with Crippen molar-refractivity contribution in [1.29, 1.82) is 0 Å². The van der Waals surface area contributed by atoms with Gasteiger partial charge in [0, 0.05) is 39.8 Å². The van der Waals surface area contributed by atoms with Crippen molar-refractivity contribution in [2.24, 2.45) is 5.92 Å². The van der Waals surface area contributed by atoms with Crippen molar-refractivity contribution in [3.05, 3.63) is 0 Å². The quantitative estimate of drug-likeness (QED) is 0.778. The Hall–Kier alpha value is -0.610. The van der Waals surface area contributed by atoms with Gasteiger partial charge in [0.2, 0.25) is 5.91 Å². The maximum Gasteiger partial charge on any atom is 0.236 e. The van der Waals surface area contributed by atoms with E-state index in [0.29, 0.717) is 12.5 Å². The third-order valence-corrected chi connectivity index (χ3v) is 4.00. The van der Waals surface area contributed by atoms with Gasteiger partial charge in [0.1, 0.15) is 0 Å². The predicted octanol–water partition coefficient (Wildman–Crippen LogP) is 0.540. The summed E-state index contributed by atoms with van der Waals surface area (Å²) in [5, 5.41) is 3.31. The van der Waals surface area contributed by atoms with Gasteiger partial charge in [0.25, 0.3) is 0 Å². The second kappa shape index (κ2) is 6.36. The Morgan fingerprint density at radius 3 is 2.59 bits per heavy atom. The van der Waals surface area contributed by atoms with Crippen LogP contribution in [0, 0.1) is 5.92 Å². The van der Waals surface area contributed by atoms with E-state index in [9.17, 15) is 4.79 Å². The normalized spacial score (nSPS) is 22.9. The molecule has 1 saturated carbocycles. The van der Waals surface area contributed by atoms with Crippen LogP contribution in [-0.4, -0.2) is 62.0 Å². The third-order valence-electron chi connectivity index (χ3n) is 4.00. The Balaban J connectivity index is 1.70. The molecule has 0 aromatic rings. The SMILES string of the molecule is CN(CC1CCCC1)C(=O)CN1CCNCC1. The van der Waals surface area contributed by atoms with Gasteiger partial charge >= 0.3 is 0 Å². The van der Waals surface area contributed by atoms with Gasteiger partial charge in [-0.25, -0.2) is 0 Å². The highest BCUT2D eigenvalue weighted by Crippen LogP contribution is 2.25. The molecule has 1 amide bonds. The fourth-order valence-corrected chi connectivity index (χ4v) is 2.86. The number of amides is 1. The monoisotopic (exact) mass is 239 g/mol. The average molecular weight is 239 g/mol. The lowest BCUT2D eigenvalue weighted by Gasteiger charge is -2.29. The molecule has 1 heterocycles. The average Bonchev–Trinajstić information content (AvgIpc) is 2.83. The molecule has 0 aromatic heterocycles. The standard InChI is InChI=1S/C13H25N3O/c1-15(10-12-4-2-3-5-12)13(17)11-16-8-6-14-7-9-16/h12,14H,2-11H2,1H3. The number of hydrogen-bond donors (Lipinski definition) is 1. The predicted molar refractivity (Wildman–Crippen MR) is 68.9 cm³/mol. The van der Waals surface area contributed by atoms with Crippen molar-refractivity contribution in [2.75, 3.05) is 46.3 Å². The molecular weight excluding hydrogens is 214 g/mol. The topological polar surface area (TPSA) is 35.6 Å². The molecule has 1 aliphatic carbocycles. The van der Waals surface area contributed by atoms with Crippen molar-refractivity contribution in [2.45, 2.75) is 25.7 Å². The minimum absolute atomic E-state index is 0.291. The van der Waals surface area contributed by atoms with E-state index >= 15 is 0 Å². The minimum atomic E-state index is 0.291. The fourth-order valence-electron chi connectivity index (χ4n) is 2.86. The molecule has 1 aliphatic heterocycles. The van der Waals surface area contributed by atoms with Crippen molar-refractivity contribution in [3.63, 3.8) is 0 Å². The summed E-state index contributed by atoms with van der Waals surface area (Å²) in [6.45, 7) is 5.60. The van der Waals surface area contributed by atoms with Crippen LogP contribution in [0.25, 0.3) is 0 Å². The highest BCUT2D eigenvalue weighted by atomic mass is 16.2. The summed E-state index contributed by atoms with van der Waals surface area (Å²) < 4.78 is 0. The molecule has 2 aliphatic rings. The van der Waals surface area contributed by atoms with E-state index < -0.39 is 0 Å². The number of nitrogens with one attached hydrogen (secondary N) is 1. The van der Waals surface area contributed by atoms with E-state index in [1.54, 1.807) is 0 Å². The lowest BCUT2D eigenvalue weighted by atomic mass is 10.1. The van der Waals surface area contributed by atoms with Crippen molar-refractivity contribution in [1.82, 2.24) is 15.1 Å². The maximum atomic E-state index is 12.1. The van der Waals surface area contributed by atoms with Gasteiger partial charge in [0.15, 0.2) is 0 Å². The highest BCUT2D eigenvalue weighted by molar-refractivity contribution is 5.78. The molecule has 0 atom stereocenters. The number of nitrogens with zero attached hydrogens (tertiary/aromatic N) is 2. The molecule has 2 rings (SSSR count). The van der Waals surface area contributed by atoms with Gasteiger partial charge in [0.05, 0.1) is 6.54 Å². The fraction of sp³-hybridized carbons (Fsp3) is 0.923. The van der Waals surface area contributed by atoms with E-state index in [4.69, 9.17) is 0 Å².